The highest BCUT2D eigenvalue weighted by molar-refractivity contribution is 6.00. The summed E-state index contributed by atoms with van der Waals surface area (Å²) in [6.45, 7) is 11.7. The lowest BCUT2D eigenvalue weighted by Crippen LogP contribution is -2.43. The Morgan fingerprint density at radius 1 is 1.09 bits per heavy atom. The Labute approximate surface area is 139 Å². The number of hydrogen-bond donors (Lipinski definition) is 0. The zero-order valence-corrected chi connectivity index (χ0v) is 15.1. The molecule has 128 valence electrons. The molecule has 4 heteroatoms. The molecule has 1 aromatic rings. The van der Waals surface area contributed by atoms with Crippen molar-refractivity contribution in [2.45, 2.75) is 54.4 Å². The maximum atomic E-state index is 12.7. The van der Waals surface area contributed by atoms with Gasteiger partial charge in [-0.15, -0.1) is 0 Å². The molecule has 0 aliphatic heterocycles. The van der Waals surface area contributed by atoms with Crippen LogP contribution in [0.25, 0.3) is 0 Å². The van der Waals surface area contributed by atoms with Gasteiger partial charge in [-0.2, -0.15) is 0 Å². The fraction of sp³-hybridized carbons (Fsp3) is 0.579. The van der Waals surface area contributed by atoms with Crippen LogP contribution in [-0.2, 0) is 14.3 Å². The van der Waals surface area contributed by atoms with Gasteiger partial charge in [-0.3, -0.25) is 9.59 Å². The fourth-order valence-corrected chi connectivity index (χ4v) is 2.32. The van der Waals surface area contributed by atoms with Gasteiger partial charge in [0.1, 0.15) is 5.75 Å². The van der Waals surface area contributed by atoms with Crippen LogP contribution in [0.5, 0.6) is 5.75 Å². The quantitative estimate of drug-likeness (QED) is 0.429. The number of aryl methyl sites for hydroxylation is 1. The molecule has 0 spiro atoms. The minimum atomic E-state index is -1.24. The second-order valence-electron chi connectivity index (χ2n) is 6.37. The minimum absolute atomic E-state index is 0.223. The summed E-state index contributed by atoms with van der Waals surface area (Å²) in [6.07, 6.45) is 0.703. The van der Waals surface area contributed by atoms with Gasteiger partial charge in [0.2, 0.25) is 0 Å². The largest absolute Gasteiger partial charge is 0.465 e. The van der Waals surface area contributed by atoms with Gasteiger partial charge < -0.3 is 9.47 Å². The van der Waals surface area contributed by atoms with Crippen molar-refractivity contribution in [3.63, 3.8) is 0 Å². The molecule has 1 rings (SSSR count). The van der Waals surface area contributed by atoms with E-state index in [-0.39, 0.29) is 5.92 Å². The van der Waals surface area contributed by atoms with E-state index in [0.29, 0.717) is 25.2 Å². The first-order valence-corrected chi connectivity index (χ1v) is 8.24. The van der Waals surface area contributed by atoms with Crippen molar-refractivity contribution in [3.05, 3.63) is 29.3 Å². The zero-order valence-electron chi connectivity index (χ0n) is 15.1. The van der Waals surface area contributed by atoms with Crippen LogP contribution < -0.4 is 4.74 Å². The van der Waals surface area contributed by atoms with Crippen molar-refractivity contribution < 1.29 is 19.1 Å². The lowest BCUT2D eigenvalue weighted by molar-refractivity contribution is -0.168. The molecular weight excluding hydrogens is 292 g/mol. The summed E-state index contributed by atoms with van der Waals surface area (Å²) in [7, 11) is 0. The van der Waals surface area contributed by atoms with Gasteiger partial charge in [-0.1, -0.05) is 39.8 Å². The van der Waals surface area contributed by atoms with Crippen LogP contribution in [0.3, 0.4) is 0 Å². The van der Waals surface area contributed by atoms with E-state index in [9.17, 15) is 9.59 Å². The second-order valence-corrected chi connectivity index (χ2v) is 6.37. The van der Waals surface area contributed by atoms with Crippen LogP contribution in [0, 0.1) is 25.2 Å². The summed E-state index contributed by atoms with van der Waals surface area (Å²) < 4.78 is 10.9. The van der Waals surface area contributed by atoms with Crippen molar-refractivity contribution >= 4 is 11.9 Å². The summed E-state index contributed by atoms with van der Waals surface area (Å²) in [5.41, 5.74) is 0.694. The van der Waals surface area contributed by atoms with Gasteiger partial charge in [-0.25, -0.2) is 0 Å². The Morgan fingerprint density at radius 2 is 1.70 bits per heavy atom. The lowest BCUT2D eigenvalue weighted by atomic mass is 9.82. The molecule has 0 atom stereocenters. The molecule has 0 saturated carbocycles. The third-order valence-corrected chi connectivity index (χ3v) is 4.29. The summed E-state index contributed by atoms with van der Waals surface area (Å²) in [5.74, 6) is -0.310. The monoisotopic (exact) mass is 320 g/mol. The number of carbonyl (C=O) groups is 2. The maximum Gasteiger partial charge on any atom is 0.328 e. The average Bonchev–Trinajstić information content (AvgIpc) is 2.51. The molecule has 0 radical (unpaired) electrons. The van der Waals surface area contributed by atoms with Crippen LogP contribution >= 0.6 is 0 Å². The molecule has 0 bridgehead atoms. The molecule has 0 heterocycles. The molecule has 0 unspecified atom stereocenters. The maximum absolute atomic E-state index is 12.7. The van der Waals surface area contributed by atoms with Gasteiger partial charge in [0.05, 0.1) is 6.61 Å². The fourth-order valence-electron chi connectivity index (χ4n) is 2.32. The highest BCUT2D eigenvalue weighted by Crippen LogP contribution is 2.32. The molecule has 23 heavy (non-hydrogen) atoms. The number of carbonyl (C=O) groups excluding carboxylic acids is 2. The van der Waals surface area contributed by atoms with Crippen molar-refractivity contribution in [3.8, 4) is 5.75 Å². The molecule has 0 saturated heterocycles. The summed E-state index contributed by atoms with van der Waals surface area (Å²) in [6, 6.07) is 5.54. The first-order valence-electron chi connectivity index (χ1n) is 8.24. The van der Waals surface area contributed by atoms with E-state index >= 15 is 0 Å². The Kier molecular flexibility index (Phi) is 6.79. The Bertz CT molecular complexity index is 556. The number of hydrogen-bond acceptors (Lipinski definition) is 4. The van der Waals surface area contributed by atoms with Crippen molar-refractivity contribution in [2.24, 2.45) is 11.3 Å². The van der Waals surface area contributed by atoms with Crippen LogP contribution in [0.2, 0.25) is 0 Å². The van der Waals surface area contributed by atoms with Crippen LogP contribution in [0.4, 0.5) is 0 Å². The molecular formula is C19H28O4. The van der Waals surface area contributed by atoms with Gasteiger partial charge in [-0.05, 0) is 49.8 Å². The Balaban J connectivity index is 3.02. The van der Waals surface area contributed by atoms with Crippen LogP contribution in [-0.4, -0.2) is 18.5 Å². The molecule has 0 fully saturated rings. The van der Waals surface area contributed by atoms with E-state index in [1.807, 2.05) is 53.7 Å². The molecule has 0 aliphatic carbocycles. The van der Waals surface area contributed by atoms with Crippen LogP contribution in [0.1, 0.15) is 51.7 Å². The molecule has 0 aliphatic rings. The topological polar surface area (TPSA) is 52.6 Å². The highest BCUT2D eigenvalue weighted by Gasteiger charge is 2.46. The first kappa shape index (κ1) is 19.2. The highest BCUT2D eigenvalue weighted by atomic mass is 16.6. The molecule has 0 N–H and O–H groups in total. The smallest absolute Gasteiger partial charge is 0.328 e. The zero-order chi connectivity index (χ0) is 17.6. The number of ether oxygens (including phenoxy) is 2. The molecule has 0 amide bonds. The first-order chi connectivity index (χ1) is 10.8. The van der Waals surface area contributed by atoms with E-state index < -0.39 is 17.4 Å². The standard InChI is InChI=1S/C19H28O4/c1-7-19(8-2,17(20)22-12-13(3)4)18(21)23-16-11-9-10-14(5)15(16)6/h9-11,13H,7-8,12H2,1-6H3. The summed E-state index contributed by atoms with van der Waals surface area (Å²) in [5, 5.41) is 0. The summed E-state index contributed by atoms with van der Waals surface area (Å²) in [4.78, 5) is 25.2. The van der Waals surface area contributed by atoms with Crippen molar-refractivity contribution in [2.75, 3.05) is 6.61 Å². The molecule has 4 nitrogen and oxygen atoms in total. The van der Waals surface area contributed by atoms with E-state index in [1.165, 1.54) is 0 Å². The normalized spacial score (nSPS) is 11.4. The third kappa shape index (κ3) is 4.34. The predicted molar refractivity (Wildman–Crippen MR) is 90.4 cm³/mol. The van der Waals surface area contributed by atoms with Gasteiger partial charge in [0.15, 0.2) is 5.41 Å². The van der Waals surface area contributed by atoms with Crippen molar-refractivity contribution in [1.82, 2.24) is 0 Å². The predicted octanol–water partition coefficient (Wildman–Crippen LogP) is 4.21. The lowest BCUT2D eigenvalue weighted by Gasteiger charge is -2.27. The average molecular weight is 320 g/mol. The number of benzene rings is 1. The molecule has 0 aromatic heterocycles. The second kappa shape index (κ2) is 8.14. The van der Waals surface area contributed by atoms with Crippen molar-refractivity contribution in [1.29, 1.82) is 0 Å². The SMILES string of the molecule is CCC(CC)(C(=O)OCC(C)C)C(=O)Oc1cccc(C)c1C. The Morgan fingerprint density at radius 3 is 2.22 bits per heavy atom. The van der Waals surface area contributed by atoms with E-state index in [2.05, 4.69) is 0 Å². The van der Waals surface area contributed by atoms with Gasteiger partial charge >= 0.3 is 11.9 Å². The van der Waals surface area contributed by atoms with Gasteiger partial charge in [0, 0.05) is 0 Å². The van der Waals surface area contributed by atoms with E-state index in [4.69, 9.17) is 9.47 Å². The number of rotatable bonds is 7. The minimum Gasteiger partial charge on any atom is -0.465 e. The molecule has 1 aromatic carbocycles. The summed E-state index contributed by atoms with van der Waals surface area (Å²) >= 11 is 0. The number of esters is 2. The van der Waals surface area contributed by atoms with E-state index in [1.54, 1.807) is 6.07 Å². The van der Waals surface area contributed by atoms with Gasteiger partial charge in [0.25, 0.3) is 0 Å². The van der Waals surface area contributed by atoms with Crippen LogP contribution in [0.15, 0.2) is 18.2 Å². The van der Waals surface area contributed by atoms with E-state index in [0.717, 1.165) is 11.1 Å². The third-order valence-electron chi connectivity index (χ3n) is 4.29. The Hall–Kier alpha value is -1.84.